The van der Waals surface area contributed by atoms with Crippen LogP contribution in [0, 0.1) is 0 Å². The fourth-order valence-corrected chi connectivity index (χ4v) is 6.80. The van der Waals surface area contributed by atoms with Gasteiger partial charge in [0.2, 0.25) is 0 Å². The average Bonchev–Trinajstić information content (AvgIpc) is 3.45. The number of hydrogen-bond donors (Lipinski definition) is 1. The molecule has 178 valence electrons. The van der Waals surface area contributed by atoms with Crippen LogP contribution in [0.25, 0.3) is 5.00 Å². The van der Waals surface area contributed by atoms with Crippen molar-refractivity contribution in [2.45, 2.75) is 50.1 Å². The number of benzene rings is 1. The molecule has 0 bridgehead atoms. The third-order valence-corrected chi connectivity index (χ3v) is 8.64. The lowest BCUT2D eigenvalue weighted by Gasteiger charge is -2.31. The van der Waals surface area contributed by atoms with Gasteiger partial charge in [-0.2, -0.15) is 0 Å². The summed E-state index contributed by atoms with van der Waals surface area (Å²) in [7, 11) is 0. The summed E-state index contributed by atoms with van der Waals surface area (Å²) in [6.07, 6.45) is 8.74. The number of urea groups is 1. The van der Waals surface area contributed by atoms with Gasteiger partial charge in [-0.3, -0.25) is 4.79 Å². The molecule has 34 heavy (non-hydrogen) atoms. The molecule has 1 aliphatic heterocycles. The molecule has 5 rings (SSSR count). The first-order chi connectivity index (χ1) is 16.6. The van der Waals surface area contributed by atoms with E-state index in [1.807, 2.05) is 16.2 Å². The minimum Gasteiger partial charge on any atom is -0.465 e. The Morgan fingerprint density at radius 1 is 1.15 bits per heavy atom. The zero-order valence-corrected chi connectivity index (χ0v) is 21.1. The van der Waals surface area contributed by atoms with Crippen molar-refractivity contribution in [2.75, 3.05) is 19.4 Å². The number of thioether (sulfide) groups is 1. The number of ether oxygens (including phenoxy) is 1. The van der Waals surface area contributed by atoms with Crippen molar-refractivity contribution in [3.63, 3.8) is 0 Å². The predicted octanol–water partition coefficient (Wildman–Crippen LogP) is 5.32. The van der Waals surface area contributed by atoms with Gasteiger partial charge in [0.15, 0.2) is 0 Å². The quantitative estimate of drug-likeness (QED) is 0.385. The van der Waals surface area contributed by atoms with Gasteiger partial charge < -0.3 is 19.5 Å². The van der Waals surface area contributed by atoms with E-state index in [0.717, 1.165) is 24.1 Å². The summed E-state index contributed by atoms with van der Waals surface area (Å²) in [4.78, 5) is 30.1. The molecule has 2 aliphatic rings. The summed E-state index contributed by atoms with van der Waals surface area (Å²) >= 11 is 3.56. The molecule has 8 heteroatoms. The fraction of sp³-hybridized carbons (Fsp3) is 0.385. The van der Waals surface area contributed by atoms with E-state index in [4.69, 9.17) is 4.74 Å². The Hall–Kier alpha value is -2.71. The van der Waals surface area contributed by atoms with Crippen molar-refractivity contribution in [3.05, 3.63) is 69.9 Å². The van der Waals surface area contributed by atoms with Crippen LogP contribution in [0.15, 0.2) is 47.5 Å². The zero-order chi connectivity index (χ0) is 23.7. The number of carbonyl (C=O) groups excluding carboxylic acids is 2. The first-order valence-corrected chi connectivity index (χ1v) is 13.8. The molecule has 2 amide bonds. The number of aromatic nitrogens is 1. The van der Waals surface area contributed by atoms with Gasteiger partial charge in [0.1, 0.15) is 11.5 Å². The van der Waals surface area contributed by atoms with E-state index in [0.29, 0.717) is 13.2 Å². The molecular weight excluding hydrogens is 466 g/mol. The average molecular weight is 496 g/mol. The molecule has 0 radical (unpaired) electrons. The highest BCUT2D eigenvalue weighted by atomic mass is 32.2. The zero-order valence-electron chi connectivity index (χ0n) is 19.5. The van der Waals surface area contributed by atoms with Crippen LogP contribution in [0.1, 0.15) is 53.1 Å². The second-order valence-electron chi connectivity index (χ2n) is 8.56. The number of thiophene rings is 1. The fourth-order valence-electron chi connectivity index (χ4n) is 4.98. The number of carbonyl (C=O) groups is 2. The molecule has 0 unspecified atom stereocenters. The van der Waals surface area contributed by atoms with Crippen molar-refractivity contribution < 1.29 is 14.3 Å². The van der Waals surface area contributed by atoms with Gasteiger partial charge in [0.25, 0.3) is 0 Å². The number of esters is 1. The molecule has 2 aromatic heterocycles. The van der Waals surface area contributed by atoms with Crippen LogP contribution >= 0.6 is 23.1 Å². The van der Waals surface area contributed by atoms with Crippen molar-refractivity contribution in [1.29, 1.82) is 0 Å². The Labute approximate surface area is 208 Å². The van der Waals surface area contributed by atoms with Crippen LogP contribution in [0.3, 0.4) is 0 Å². The minimum absolute atomic E-state index is 0.142. The topological polar surface area (TPSA) is 63.6 Å². The number of fused-ring (bicyclic) bond motifs is 5. The van der Waals surface area contributed by atoms with Crippen molar-refractivity contribution in [3.8, 4) is 5.00 Å². The maximum absolute atomic E-state index is 13.6. The Kier molecular flexibility index (Phi) is 6.70. The lowest BCUT2D eigenvalue weighted by Crippen LogP contribution is -2.44. The SMILES string of the molecule is CCOC(=O)CNC(=O)N1Cc2c(sc3c2CCCC3)-n2cccc2[C@@H]1c1ccc(SC)cc1. The molecule has 1 aliphatic carbocycles. The molecule has 0 saturated carbocycles. The largest absolute Gasteiger partial charge is 0.465 e. The third-order valence-electron chi connectivity index (χ3n) is 6.56. The van der Waals surface area contributed by atoms with Crippen LogP contribution in [-0.4, -0.2) is 40.9 Å². The van der Waals surface area contributed by atoms with Crippen LogP contribution in [0.2, 0.25) is 0 Å². The number of aryl methyl sites for hydroxylation is 1. The molecule has 6 nitrogen and oxygen atoms in total. The first-order valence-electron chi connectivity index (χ1n) is 11.8. The van der Waals surface area contributed by atoms with Gasteiger partial charge in [0.05, 0.1) is 24.9 Å². The van der Waals surface area contributed by atoms with Crippen LogP contribution in [0.4, 0.5) is 4.79 Å². The van der Waals surface area contributed by atoms with E-state index in [-0.39, 0.29) is 18.6 Å². The second kappa shape index (κ2) is 9.88. The smallest absolute Gasteiger partial charge is 0.325 e. The molecule has 0 saturated heterocycles. The Balaban J connectivity index is 1.59. The van der Waals surface area contributed by atoms with Crippen molar-refractivity contribution >= 4 is 35.1 Å². The lowest BCUT2D eigenvalue weighted by molar-refractivity contribution is -0.141. The highest BCUT2D eigenvalue weighted by Gasteiger charge is 2.36. The maximum Gasteiger partial charge on any atom is 0.325 e. The van der Waals surface area contributed by atoms with Crippen LogP contribution in [0.5, 0.6) is 0 Å². The van der Waals surface area contributed by atoms with E-state index >= 15 is 0 Å². The van der Waals surface area contributed by atoms with Crippen molar-refractivity contribution in [2.24, 2.45) is 0 Å². The molecule has 0 spiro atoms. The van der Waals surface area contributed by atoms with E-state index in [1.165, 1.54) is 38.7 Å². The molecule has 3 aromatic rings. The number of amides is 2. The van der Waals surface area contributed by atoms with Crippen LogP contribution < -0.4 is 5.32 Å². The lowest BCUT2D eigenvalue weighted by atomic mass is 9.95. The summed E-state index contributed by atoms with van der Waals surface area (Å²) in [5.74, 6) is -0.427. The van der Waals surface area contributed by atoms with E-state index in [2.05, 4.69) is 58.7 Å². The monoisotopic (exact) mass is 495 g/mol. The van der Waals surface area contributed by atoms with Gasteiger partial charge in [0, 0.05) is 21.5 Å². The Morgan fingerprint density at radius 3 is 2.71 bits per heavy atom. The molecule has 3 heterocycles. The molecule has 1 atom stereocenters. The second-order valence-corrected chi connectivity index (χ2v) is 10.5. The van der Waals surface area contributed by atoms with Gasteiger partial charge in [-0.25, -0.2) is 4.79 Å². The minimum atomic E-state index is -0.427. The van der Waals surface area contributed by atoms with E-state index in [1.54, 1.807) is 18.7 Å². The molecule has 0 fully saturated rings. The number of rotatable bonds is 5. The Morgan fingerprint density at radius 2 is 1.94 bits per heavy atom. The van der Waals surface area contributed by atoms with Crippen molar-refractivity contribution in [1.82, 2.24) is 14.8 Å². The van der Waals surface area contributed by atoms with Gasteiger partial charge >= 0.3 is 12.0 Å². The summed E-state index contributed by atoms with van der Waals surface area (Å²) in [5, 5.41) is 4.04. The molecule has 1 aromatic carbocycles. The van der Waals surface area contributed by atoms with Gasteiger partial charge in [-0.1, -0.05) is 12.1 Å². The number of nitrogens with zero attached hydrogens (tertiary/aromatic N) is 2. The van der Waals surface area contributed by atoms with E-state index < -0.39 is 5.97 Å². The standard InChI is InChI=1S/C26H29N3O3S2/c1-3-32-23(30)15-27-26(31)29-16-20-19-7-4-5-9-22(19)34-25(20)28-14-6-8-21(28)24(29)17-10-12-18(33-2)13-11-17/h6,8,10-14,24H,3-5,7,9,15-16H2,1-2H3,(H,27,31)/t24-/m0/s1. The maximum atomic E-state index is 13.6. The molecule has 1 N–H and O–H groups in total. The normalized spacial score (nSPS) is 16.8. The summed E-state index contributed by atoms with van der Waals surface area (Å²) in [6.45, 7) is 2.42. The van der Waals surface area contributed by atoms with E-state index in [9.17, 15) is 9.59 Å². The van der Waals surface area contributed by atoms with Gasteiger partial charge in [-0.15, -0.1) is 23.1 Å². The number of nitrogens with one attached hydrogen (secondary N) is 1. The highest BCUT2D eigenvalue weighted by molar-refractivity contribution is 7.98. The summed E-state index contributed by atoms with van der Waals surface area (Å²) in [6, 6.07) is 12.0. The van der Waals surface area contributed by atoms with Gasteiger partial charge in [-0.05, 0) is 74.3 Å². The predicted molar refractivity (Wildman–Crippen MR) is 136 cm³/mol. The summed E-state index contributed by atoms with van der Waals surface area (Å²) < 4.78 is 7.29. The first kappa shape index (κ1) is 23.1. The molecular formula is C26H29N3O3S2. The highest BCUT2D eigenvalue weighted by Crippen LogP contribution is 2.44. The summed E-state index contributed by atoms with van der Waals surface area (Å²) in [5.41, 5.74) is 4.76. The Bertz CT molecular complexity index is 1200. The van der Waals surface area contributed by atoms with Crippen LogP contribution in [-0.2, 0) is 28.9 Å². The third kappa shape index (κ3) is 4.25. The number of hydrogen-bond acceptors (Lipinski definition) is 5.